The lowest BCUT2D eigenvalue weighted by Gasteiger charge is -2.12. The number of hydrogen-bond acceptors (Lipinski definition) is 3. The van der Waals surface area contributed by atoms with Gasteiger partial charge in [-0.25, -0.2) is 0 Å². The Morgan fingerprint density at radius 3 is 3.06 bits per heavy atom. The second-order valence-electron chi connectivity index (χ2n) is 3.91. The highest BCUT2D eigenvalue weighted by Crippen LogP contribution is 2.36. The van der Waals surface area contributed by atoms with Crippen molar-refractivity contribution in [2.45, 2.75) is 12.7 Å². The molecular weight excluding hydrogens is 238 g/mol. The van der Waals surface area contributed by atoms with E-state index in [0.29, 0.717) is 22.9 Å². The fourth-order valence-corrected chi connectivity index (χ4v) is 2.18. The minimum Gasteiger partial charge on any atom is -0.487 e. The van der Waals surface area contributed by atoms with Crippen LogP contribution in [0, 0.1) is 0 Å². The molecule has 1 aromatic carbocycles. The van der Waals surface area contributed by atoms with Gasteiger partial charge in [0.1, 0.15) is 18.5 Å². The average Bonchev–Trinajstić information content (AvgIpc) is 2.49. The van der Waals surface area contributed by atoms with Gasteiger partial charge in [-0.2, -0.15) is 0 Å². The molecule has 1 atom stereocenters. The van der Waals surface area contributed by atoms with Gasteiger partial charge in [-0.05, 0) is 24.3 Å². The number of benzene rings is 1. The van der Waals surface area contributed by atoms with E-state index in [9.17, 15) is 5.11 Å². The molecule has 0 saturated heterocycles. The van der Waals surface area contributed by atoms with Crippen molar-refractivity contribution in [3.05, 3.63) is 58.4 Å². The summed E-state index contributed by atoms with van der Waals surface area (Å²) >= 11 is 5.94. The van der Waals surface area contributed by atoms with Crippen LogP contribution in [-0.2, 0) is 6.61 Å². The average molecular weight is 248 g/mol. The number of fused-ring (bicyclic) bond motifs is 2. The zero-order valence-electron chi connectivity index (χ0n) is 8.93. The summed E-state index contributed by atoms with van der Waals surface area (Å²) in [6.45, 7) is 0.363. The second-order valence-corrected chi connectivity index (χ2v) is 4.35. The summed E-state index contributed by atoms with van der Waals surface area (Å²) in [6.07, 6.45) is 0.952. The standard InChI is InChI=1S/C13H10ClNO2/c14-8-3-4-12-10(6-8)13(16)9-2-1-5-15-11(9)7-17-12/h1-6,13,16H,7H2/t13-/m1/s1. The molecule has 1 aromatic heterocycles. The Hall–Kier alpha value is -1.58. The molecule has 0 radical (unpaired) electrons. The first-order valence-electron chi connectivity index (χ1n) is 5.30. The summed E-state index contributed by atoms with van der Waals surface area (Å²) in [4.78, 5) is 4.22. The molecule has 0 aliphatic carbocycles. The van der Waals surface area contributed by atoms with Crippen LogP contribution >= 0.6 is 11.6 Å². The predicted octanol–water partition coefficient (Wildman–Crippen LogP) is 2.71. The maximum atomic E-state index is 10.3. The van der Waals surface area contributed by atoms with Crippen molar-refractivity contribution in [1.29, 1.82) is 0 Å². The van der Waals surface area contributed by atoms with Crippen LogP contribution in [0.25, 0.3) is 0 Å². The van der Waals surface area contributed by atoms with Crippen molar-refractivity contribution < 1.29 is 9.84 Å². The monoisotopic (exact) mass is 247 g/mol. The van der Waals surface area contributed by atoms with Gasteiger partial charge in [-0.1, -0.05) is 17.7 Å². The Bertz CT molecular complexity index is 571. The summed E-state index contributed by atoms with van der Waals surface area (Å²) < 4.78 is 5.62. The van der Waals surface area contributed by atoms with Crippen LogP contribution in [-0.4, -0.2) is 10.1 Å². The molecule has 0 bridgehead atoms. The zero-order chi connectivity index (χ0) is 11.8. The Labute approximate surface area is 104 Å². The number of rotatable bonds is 0. The fraction of sp³-hybridized carbons (Fsp3) is 0.154. The van der Waals surface area contributed by atoms with E-state index in [2.05, 4.69) is 4.98 Å². The maximum Gasteiger partial charge on any atom is 0.131 e. The lowest BCUT2D eigenvalue weighted by atomic mass is 10.0. The van der Waals surface area contributed by atoms with E-state index in [0.717, 1.165) is 11.3 Å². The number of halogens is 1. The van der Waals surface area contributed by atoms with E-state index in [4.69, 9.17) is 16.3 Å². The molecule has 0 amide bonds. The Morgan fingerprint density at radius 2 is 2.18 bits per heavy atom. The van der Waals surface area contributed by atoms with Gasteiger partial charge in [0.05, 0.1) is 5.69 Å². The molecule has 1 aliphatic rings. The lowest BCUT2D eigenvalue weighted by Crippen LogP contribution is -2.02. The van der Waals surface area contributed by atoms with E-state index < -0.39 is 6.10 Å². The van der Waals surface area contributed by atoms with Crippen LogP contribution in [0.3, 0.4) is 0 Å². The summed E-state index contributed by atoms with van der Waals surface area (Å²) in [5.74, 6) is 0.653. The molecule has 1 N–H and O–H groups in total. The van der Waals surface area contributed by atoms with Crippen molar-refractivity contribution in [2.75, 3.05) is 0 Å². The molecule has 17 heavy (non-hydrogen) atoms. The molecule has 3 nitrogen and oxygen atoms in total. The van der Waals surface area contributed by atoms with Crippen molar-refractivity contribution >= 4 is 11.6 Å². The van der Waals surface area contributed by atoms with Crippen LogP contribution in [0.4, 0.5) is 0 Å². The van der Waals surface area contributed by atoms with Gasteiger partial charge in [0, 0.05) is 22.3 Å². The Kier molecular flexibility index (Phi) is 2.50. The van der Waals surface area contributed by atoms with Crippen molar-refractivity contribution in [3.63, 3.8) is 0 Å². The van der Waals surface area contributed by atoms with E-state index in [1.165, 1.54) is 0 Å². The van der Waals surface area contributed by atoms with Crippen LogP contribution in [0.15, 0.2) is 36.5 Å². The molecule has 4 heteroatoms. The molecular formula is C13H10ClNO2. The highest BCUT2D eigenvalue weighted by Gasteiger charge is 2.23. The van der Waals surface area contributed by atoms with Crippen molar-refractivity contribution in [1.82, 2.24) is 4.98 Å². The number of hydrogen-bond donors (Lipinski definition) is 1. The topological polar surface area (TPSA) is 42.4 Å². The molecule has 0 spiro atoms. The number of ether oxygens (including phenoxy) is 1. The predicted molar refractivity (Wildman–Crippen MR) is 64.1 cm³/mol. The minimum absolute atomic E-state index is 0.363. The molecule has 1 aliphatic heterocycles. The minimum atomic E-state index is -0.741. The highest BCUT2D eigenvalue weighted by atomic mass is 35.5. The first-order chi connectivity index (χ1) is 8.25. The third-order valence-electron chi connectivity index (χ3n) is 2.85. The molecule has 2 aromatic rings. The van der Waals surface area contributed by atoms with Gasteiger partial charge in [0.25, 0.3) is 0 Å². The highest BCUT2D eigenvalue weighted by molar-refractivity contribution is 6.30. The summed E-state index contributed by atoms with van der Waals surface area (Å²) in [7, 11) is 0. The van der Waals surface area contributed by atoms with Gasteiger partial charge < -0.3 is 9.84 Å². The number of aliphatic hydroxyl groups excluding tert-OH is 1. The summed E-state index contributed by atoms with van der Waals surface area (Å²) in [5.41, 5.74) is 2.21. The molecule has 0 fully saturated rings. The first-order valence-corrected chi connectivity index (χ1v) is 5.67. The molecule has 0 saturated carbocycles. The lowest BCUT2D eigenvalue weighted by molar-refractivity contribution is 0.218. The molecule has 3 rings (SSSR count). The molecule has 86 valence electrons. The Morgan fingerprint density at radius 1 is 1.29 bits per heavy atom. The van der Waals surface area contributed by atoms with Crippen molar-refractivity contribution in [2.24, 2.45) is 0 Å². The zero-order valence-corrected chi connectivity index (χ0v) is 9.69. The van der Waals surface area contributed by atoms with Gasteiger partial charge in [-0.15, -0.1) is 0 Å². The van der Waals surface area contributed by atoms with Gasteiger partial charge in [-0.3, -0.25) is 4.98 Å². The van der Waals surface area contributed by atoms with E-state index in [1.807, 2.05) is 6.07 Å². The van der Waals surface area contributed by atoms with Gasteiger partial charge in [0.2, 0.25) is 0 Å². The summed E-state index contributed by atoms with van der Waals surface area (Å²) in [6, 6.07) is 8.90. The summed E-state index contributed by atoms with van der Waals surface area (Å²) in [5, 5.41) is 10.9. The molecule has 0 unspecified atom stereocenters. The van der Waals surface area contributed by atoms with E-state index in [1.54, 1.807) is 30.5 Å². The van der Waals surface area contributed by atoms with Crippen LogP contribution in [0.1, 0.15) is 22.9 Å². The van der Waals surface area contributed by atoms with Crippen molar-refractivity contribution in [3.8, 4) is 5.75 Å². The number of nitrogens with zero attached hydrogens (tertiary/aromatic N) is 1. The first kappa shape index (κ1) is 10.6. The second kappa shape index (κ2) is 4.02. The number of pyridine rings is 1. The number of aromatic nitrogens is 1. The number of aliphatic hydroxyl groups is 1. The van der Waals surface area contributed by atoms with Crippen LogP contribution < -0.4 is 4.74 Å². The van der Waals surface area contributed by atoms with Gasteiger partial charge >= 0.3 is 0 Å². The van der Waals surface area contributed by atoms with E-state index >= 15 is 0 Å². The van der Waals surface area contributed by atoms with Gasteiger partial charge in [0.15, 0.2) is 0 Å². The molecule has 2 heterocycles. The third kappa shape index (κ3) is 1.77. The SMILES string of the molecule is O[C@H]1c2cc(Cl)ccc2OCc2ncccc21. The van der Waals surface area contributed by atoms with Crippen LogP contribution in [0.2, 0.25) is 5.02 Å². The fourth-order valence-electron chi connectivity index (χ4n) is 2.00. The van der Waals surface area contributed by atoms with Crippen LogP contribution in [0.5, 0.6) is 5.75 Å². The third-order valence-corrected chi connectivity index (χ3v) is 3.09. The Balaban J connectivity index is 2.18. The normalized spacial score (nSPS) is 17.6. The maximum absolute atomic E-state index is 10.3. The van der Waals surface area contributed by atoms with E-state index in [-0.39, 0.29) is 0 Å². The largest absolute Gasteiger partial charge is 0.487 e. The smallest absolute Gasteiger partial charge is 0.131 e. The quantitative estimate of drug-likeness (QED) is 0.778.